The molecule has 3 aliphatic carbocycles. The Hall–Kier alpha value is -1.26. The molecule has 1 aromatic carbocycles. The van der Waals surface area contributed by atoms with E-state index >= 15 is 0 Å². The van der Waals surface area contributed by atoms with Crippen LogP contribution in [-0.4, -0.2) is 14.6 Å². The van der Waals surface area contributed by atoms with Gasteiger partial charge in [-0.05, 0) is 0 Å². The van der Waals surface area contributed by atoms with Crippen LogP contribution in [0.15, 0.2) is 12.1 Å². The topological polar surface area (TPSA) is 101 Å². The van der Waals surface area contributed by atoms with Crippen molar-refractivity contribution in [1.82, 2.24) is 0 Å². The second-order valence-corrected chi connectivity index (χ2v) is 10.4. The molecular formula is C18H22MoO6. The van der Waals surface area contributed by atoms with Gasteiger partial charge in [0, 0.05) is 0 Å². The number of benzene rings is 1. The Morgan fingerprint density at radius 3 is 2.68 bits per heavy atom. The molecule has 7 heteroatoms. The zero-order valence-corrected chi connectivity index (χ0v) is 16.1. The first-order chi connectivity index (χ1) is 11.7. The van der Waals surface area contributed by atoms with Crippen molar-refractivity contribution < 1.29 is 40.6 Å². The minimum absolute atomic E-state index is 0.192. The van der Waals surface area contributed by atoms with Gasteiger partial charge in [-0.2, -0.15) is 0 Å². The predicted molar refractivity (Wildman–Crippen MR) is 82.0 cm³/mol. The van der Waals surface area contributed by atoms with Gasteiger partial charge in [-0.1, -0.05) is 0 Å². The molecule has 136 valence electrons. The molecule has 0 bridgehead atoms. The summed E-state index contributed by atoms with van der Waals surface area (Å²) >= 11 is -5.77. The maximum absolute atomic E-state index is 12.3. The molecule has 0 saturated heterocycles. The van der Waals surface area contributed by atoms with Gasteiger partial charge in [-0.15, -0.1) is 0 Å². The molecule has 0 unspecified atom stereocenters. The fourth-order valence-corrected chi connectivity index (χ4v) is 6.42. The number of aryl methyl sites for hydroxylation is 1. The SMILES string of the molecule is C[C@]12CC[C@@H]3c4cc(O)c([O][Mo](=[O])(=[O])[OH])cc4CC[C@H]3[C@@H]1CCC2=O. The van der Waals surface area contributed by atoms with Gasteiger partial charge in [0.2, 0.25) is 0 Å². The van der Waals surface area contributed by atoms with Crippen molar-refractivity contribution >= 4 is 5.78 Å². The van der Waals surface area contributed by atoms with Crippen LogP contribution >= 0.6 is 0 Å². The fraction of sp³-hybridized carbons (Fsp3) is 0.611. The van der Waals surface area contributed by atoms with Crippen LogP contribution in [0.1, 0.15) is 56.1 Å². The summed E-state index contributed by atoms with van der Waals surface area (Å²) in [5.74, 6) is 1.05. The monoisotopic (exact) mass is 432 g/mol. The van der Waals surface area contributed by atoms with Crippen molar-refractivity contribution in [2.24, 2.45) is 17.3 Å². The summed E-state index contributed by atoms with van der Waals surface area (Å²) in [5.41, 5.74) is 1.81. The van der Waals surface area contributed by atoms with E-state index in [0.29, 0.717) is 24.0 Å². The predicted octanol–water partition coefficient (Wildman–Crippen LogP) is 2.86. The van der Waals surface area contributed by atoms with Gasteiger partial charge in [0.15, 0.2) is 0 Å². The van der Waals surface area contributed by atoms with Crippen molar-refractivity contribution in [1.29, 1.82) is 0 Å². The first-order valence-corrected chi connectivity index (χ1v) is 12.1. The Labute approximate surface area is 149 Å². The van der Waals surface area contributed by atoms with Gasteiger partial charge in [0.1, 0.15) is 0 Å². The van der Waals surface area contributed by atoms with E-state index in [1.165, 1.54) is 0 Å². The summed E-state index contributed by atoms with van der Waals surface area (Å²) in [6, 6.07) is 3.14. The quantitative estimate of drug-likeness (QED) is 0.700. The normalized spacial score (nSPS) is 34.2. The molecule has 4 rings (SSSR count). The number of ketones is 1. The molecule has 0 aliphatic heterocycles. The maximum atomic E-state index is 12.3. The van der Waals surface area contributed by atoms with Gasteiger partial charge in [-0.3, -0.25) is 0 Å². The van der Waals surface area contributed by atoms with E-state index in [1.807, 2.05) is 0 Å². The second kappa shape index (κ2) is 5.62. The number of hydrogen-bond donors (Lipinski definition) is 2. The number of phenols is 1. The van der Waals surface area contributed by atoms with Crippen molar-refractivity contribution in [3.8, 4) is 11.5 Å². The van der Waals surface area contributed by atoms with E-state index in [1.54, 1.807) is 12.1 Å². The van der Waals surface area contributed by atoms with Crippen LogP contribution in [0, 0.1) is 17.3 Å². The summed E-state index contributed by atoms with van der Waals surface area (Å²) in [6.45, 7) is 2.11. The van der Waals surface area contributed by atoms with Crippen LogP contribution in [0.4, 0.5) is 0 Å². The van der Waals surface area contributed by atoms with E-state index in [4.69, 9.17) is 3.76 Å². The summed E-state index contributed by atoms with van der Waals surface area (Å²) in [6.07, 6.45) is 5.11. The molecule has 6 nitrogen and oxygen atoms in total. The summed E-state index contributed by atoms with van der Waals surface area (Å²) in [4.78, 5) is 12.3. The Balaban J connectivity index is 1.69. The Kier molecular flexibility index (Phi) is 3.86. The number of rotatable bonds is 2. The molecule has 0 spiro atoms. The number of hydrogen-bond acceptors (Lipinski definition) is 5. The molecule has 4 atom stereocenters. The number of Topliss-reactive ketones (excluding diaryl/α,β-unsaturated/α-hetero) is 1. The molecule has 25 heavy (non-hydrogen) atoms. The standard InChI is InChI=1S/C18H22O3.Mo.H2O.2O/c1-18-7-6-11-12(14(18)4-5-17(18)21)3-2-10-8-15(19)16(20)9-13(10)11;;;;/h8-9,11-12,14,19-20H,2-7H2,1H3;;1H2;;/q;+2;;;/p-2/t11-,12+,14-,18-;;;;/m0..../s1. The first kappa shape index (κ1) is 17.2. The molecule has 3 aliphatic rings. The van der Waals surface area contributed by atoms with E-state index < -0.39 is 16.7 Å². The number of carbonyl (C=O) groups excluding carboxylic acids is 1. The van der Waals surface area contributed by atoms with Crippen LogP contribution in [0.3, 0.4) is 0 Å². The van der Waals surface area contributed by atoms with Gasteiger partial charge >= 0.3 is 150 Å². The Bertz CT molecular complexity index is 845. The van der Waals surface area contributed by atoms with Gasteiger partial charge < -0.3 is 0 Å². The van der Waals surface area contributed by atoms with Gasteiger partial charge in [0.05, 0.1) is 0 Å². The minimum atomic E-state index is -5.77. The molecule has 0 radical (unpaired) electrons. The van der Waals surface area contributed by atoms with Crippen LogP contribution in [-0.2, 0) is 34.8 Å². The third-order valence-corrected chi connectivity index (χ3v) is 7.67. The van der Waals surface area contributed by atoms with Crippen LogP contribution in [0.25, 0.3) is 0 Å². The average molecular weight is 430 g/mol. The van der Waals surface area contributed by atoms with Gasteiger partial charge in [0.25, 0.3) is 0 Å². The van der Waals surface area contributed by atoms with Gasteiger partial charge in [-0.25, -0.2) is 0 Å². The number of carbonyl (C=O) groups is 1. The van der Waals surface area contributed by atoms with Crippen LogP contribution < -0.4 is 3.39 Å². The molecule has 1 aromatic rings. The number of aromatic hydroxyl groups is 1. The van der Waals surface area contributed by atoms with E-state index in [9.17, 15) is 16.7 Å². The molecule has 0 heterocycles. The molecule has 0 amide bonds. The molecule has 2 saturated carbocycles. The zero-order valence-electron chi connectivity index (χ0n) is 14.1. The zero-order chi connectivity index (χ0) is 18.0. The number of fused-ring (bicyclic) bond motifs is 5. The first-order valence-electron chi connectivity index (χ1n) is 8.75. The second-order valence-electron chi connectivity index (χ2n) is 7.86. The average Bonchev–Trinajstić information content (AvgIpc) is 2.82. The van der Waals surface area contributed by atoms with Crippen LogP contribution in [0.2, 0.25) is 0 Å². The van der Waals surface area contributed by atoms with Crippen molar-refractivity contribution in [3.63, 3.8) is 0 Å². The van der Waals surface area contributed by atoms with E-state index in [0.717, 1.165) is 43.2 Å². The third kappa shape index (κ3) is 2.74. The number of phenolic OH excluding ortho intramolecular Hbond substituents is 1. The van der Waals surface area contributed by atoms with Crippen molar-refractivity contribution in [2.75, 3.05) is 0 Å². The van der Waals surface area contributed by atoms with Crippen molar-refractivity contribution in [2.45, 2.75) is 51.4 Å². The summed E-state index contributed by atoms with van der Waals surface area (Å²) in [7, 11) is 0. The summed E-state index contributed by atoms with van der Waals surface area (Å²) in [5, 5.41) is 10.2. The van der Waals surface area contributed by atoms with E-state index in [-0.39, 0.29) is 22.8 Å². The molecule has 2 fully saturated rings. The van der Waals surface area contributed by atoms with Crippen LogP contribution in [0.5, 0.6) is 11.5 Å². The summed E-state index contributed by atoms with van der Waals surface area (Å²) < 4.78 is 35.6. The Morgan fingerprint density at radius 2 is 1.96 bits per heavy atom. The molecule has 2 N–H and O–H groups in total. The molecular weight excluding hydrogens is 408 g/mol. The fourth-order valence-electron chi connectivity index (χ4n) is 5.54. The van der Waals surface area contributed by atoms with E-state index in [2.05, 4.69) is 10.3 Å². The third-order valence-electron chi connectivity index (χ3n) is 6.71. The Morgan fingerprint density at radius 1 is 1.20 bits per heavy atom. The van der Waals surface area contributed by atoms with Crippen molar-refractivity contribution in [3.05, 3.63) is 23.3 Å². The molecule has 0 aromatic heterocycles.